The molecule has 210 valence electrons. The summed E-state index contributed by atoms with van der Waals surface area (Å²) in [6.07, 6.45) is 4.67. The van der Waals surface area contributed by atoms with Crippen molar-refractivity contribution in [2.24, 2.45) is 0 Å². The summed E-state index contributed by atoms with van der Waals surface area (Å²) in [4.78, 5) is 28.6. The largest absolute Gasteiger partial charge is 0.493 e. The molecule has 0 saturated carbocycles. The number of carboxylic acid groups (broad SMARTS) is 1. The minimum absolute atomic E-state index is 0.149. The van der Waals surface area contributed by atoms with Crippen LogP contribution in [0.1, 0.15) is 54.0 Å². The summed E-state index contributed by atoms with van der Waals surface area (Å²) in [5, 5.41) is 8.83. The first-order valence-electron chi connectivity index (χ1n) is 14.0. The lowest BCUT2D eigenvalue weighted by Crippen LogP contribution is -2.40. The standard InChI is InChI=1S/C31H37BN2O6/c32-30(26-8-3-4-9-28(26)40-20-5-1-2-11-29(35)36)34(17-7-16-33-18-22-38-23-19-33)31(37)25-14-12-24(13-15-25)27-10-6-21-39-27/h3-4,6,8-10,12-15,21,30H,1-2,5,7,11,16-20,22-23H2,(H,35,36). The third-order valence-electron chi connectivity index (χ3n) is 7.04. The highest BCUT2D eigenvalue weighted by Gasteiger charge is 2.25. The quantitative estimate of drug-likeness (QED) is 0.213. The van der Waals surface area contributed by atoms with Gasteiger partial charge >= 0.3 is 5.97 Å². The molecule has 2 heterocycles. The number of carbonyl (C=O) groups is 2. The van der Waals surface area contributed by atoms with Gasteiger partial charge in [0.25, 0.3) is 5.91 Å². The molecule has 1 unspecified atom stereocenters. The summed E-state index contributed by atoms with van der Waals surface area (Å²) < 4.78 is 17.0. The third-order valence-corrected chi connectivity index (χ3v) is 7.04. The van der Waals surface area contributed by atoms with E-state index in [1.165, 1.54) is 0 Å². The Morgan fingerprint density at radius 1 is 0.975 bits per heavy atom. The van der Waals surface area contributed by atoms with Gasteiger partial charge in [-0.15, -0.1) is 0 Å². The highest BCUT2D eigenvalue weighted by molar-refractivity contribution is 6.14. The maximum Gasteiger partial charge on any atom is 0.303 e. The molecule has 9 heteroatoms. The Balaban J connectivity index is 1.46. The fraction of sp³-hybridized carbons (Fsp3) is 0.419. The molecule has 1 aliphatic heterocycles. The number of para-hydroxylation sites is 1. The predicted octanol–water partition coefficient (Wildman–Crippen LogP) is 5.00. The van der Waals surface area contributed by atoms with Crippen molar-refractivity contribution in [3.8, 4) is 17.1 Å². The molecule has 1 aromatic heterocycles. The van der Waals surface area contributed by atoms with Crippen LogP contribution in [0.15, 0.2) is 71.3 Å². The van der Waals surface area contributed by atoms with Gasteiger partial charge in [-0.3, -0.25) is 14.5 Å². The Labute approximate surface area is 237 Å². The molecule has 3 aromatic rings. The molecule has 0 spiro atoms. The predicted molar refractivity (Wildman–Crippen MR) is 154 cm³/mol. The molecular weight excluding hydrogens is 507 g/mol. The molecule has 1 atom stereocenters. The average molecular weight is 544 g/mol. The van der Waals surface area contributed by atoms with Crippen molar-refractivity contribution in [3.05, 3.63) is 78.1 Å². The maximum atomic E-state index is 13.8. The van der Waals surface area contributed by atoms with Crippen LogP contribution in [0.4, 0.5) is 0 Å². The number of morpholine rings is 1. The third kappa shape index (κ3) is 8.47. The van der Waals surface area contributed by atoms with Crippen molar-refractivity contribution < 1.29 is 28.6 Å². The molecule has 4 rings (SSSR count). The molecule has 8 nitrogen and oxygen atoms in total. The zero-order chi connectivity index (χ0) is 28.2. The van der Waals surface area contributed by atoms with E-state index in [0.29, 0.717) is 30.9 Å². The summed E-state index contributed by atoms with van der Waals surface area (Å²) in [6, 6.07) is 18.6. The number of furan rings is 1. The van der Waals surface area contributed by atoms with Crippen LogP contribution < -0.4 is 4.74 Å². The van der Waals surface area contributed by atoms with E-state index in [-0.39, 0.29) is 12.3 Å². The van der Waals surface area contributed by atoms with E-state index in [0.717, 1.165) is 69.0 Å². The molecule has 1 amide bonds. The van der Waals surface area contributed by atoms with Gasteiger partial charge in [0.05, 0.1) is 26.1 Å². The van der Waals surface area contributed by atoms with E-state index in [4.69, 9.17) is 26.8 Å². The van der Waals surface area contributed by atoms with E-state index in [9.17, 15) is 9.59 Å². The SMILES string of the molecule is [B]C(c1ccccc1OCCCCCC(=O)O)N(CCCN1CCOCC1)C(=O)c1ccc(-c2ccco2)cc1. The summed E-state index contributed by atoms with van der Waals surface area (Å²) in [5.41, 5.74) is 2.18. The zero-order valence-electron chi connectivity index (χ0n) is 22.9. The molecule has 1 fully saturated rings. The fourth-order valence-corrected chi connectivity index (χ4v) is 4.80. The number of amides is 1. The second kappa shape index (κ2) is 15.3. The van der Waals surface area contributed by atoms with Crippen molar-refractivity contribution in [2.45, 2.75) is 38.0 Å². The van der Waals surface area contributed by atoms with Crippen LogP contribution in [0.2, 0.25) is 0 Å². The second-order valence-electron chi connectivity index (χ2n) is 9.90. The van der Waals surface area contributed by atoms with Gasteiger partial charge in [-0.25, -0.2) is 0 Å². The van der Waals surface area contributed by atoms with Gasteiger partial charge in [0, 0.05) is 55.2 Å². The van der Waals surface area contributed by atoms with Crippen LogP contribution >= 0.6 is 0 Å². The molecule has 2 aromatic carbocycles. The lowest BCUT2D eigenvalue weighted by molar-refractivity contribution is -0.137. The van der Waals surface area contributed by atoms with Crippen LogP contribution in [0.3, 0.4) is 0 Å². The van der Waals surface area contributed by atoms with E-state index in [2.05, 4.69) is 4.90 Å². The number of benzene rings is 2. The Morgan fingerprint density at radius 2 is 1.75 bits per heavy atom. The number of nitrogens with zero attached hydrogens (tertiary/aromatic N) is 2. The first-order chi connectivity index (χ1) is 19.5. The molecule has 40 heavy (non-hydrogen) atoms. The number of aliphatic carboxylic acids is 1. The summed E-state index contributed by atoms with van der Waals surface area (Å²) in [5.74, 6) is -0.264. The first-order valence-corrected chi connectivity index (χ1v) is 14.0. The Hall–Kier alpha value is -3.56. The van der Waals surface area contributed by atoms with Gasteiger partial charge in [-0.2, -0.15) is 0 Å². The van der Waals surface area contributed by atoms with Crippen LogP contribution in [0.5, 0.6) is 5.75 Å². The highest BCUT2D eigenvalue weighted by Crippen LogP contribution is 2.30. The van der Waals surface area contributed by atoms with E-state index >= 15 is 0 Å². The molecule has 1 N–H and O–H groups in total. The van der Waals surface area contributed by atoms with Crippen molar-refractivity contribution in [3.63, 3.8) is 0 Å². The van der Waals surface area contributed by atoms with Gasteiger partial charge in [0.2, 0.25) is 0 Å². The van der Waals surface area contributed by atoms with Crippen molar-refractivity contribution in [1.82, 2.24) is 9.80 Å². The van der Waals surface area contributed by atoms with Crippen LogP contribution in [-0.2, 0) is 9.53 Å². The molecule has 1 aliphatic rings. The fourth-order valence-electron chi connectivity index (χ4n) is 4.80. The van der Waals surface area contributed by atoms with Crippen molar-refractivity contribution in [1.29, 1.82) is 0 Å². The van der Waals surface area contributed by atoms with Gasteiger partial charge in [0.15, 0.2) is 0 Å². The summed E-state index contributed by atoms with van der Waals surface area (Å²) in [6.45, 7) is 5.01. The van der Waals surface area contributed by atoms with E-state index in [1.54, 1.807) is 23.3 Å². The number of carboxylic acids is 1. The Kier molecular flexibility index (Phi) is 11.2. The first kappa shape index (κ1) is 29.4. The molecule has 0 bridgehead atoms. The van der Waals surface area contributed by atoms with E-state index < -0.39 is 11.9 Å². The number of ether oxygens (including phenoxy) is 2. The summed E-state index contributed by atoms with van der Waals surface area (Å²) in [7, 11) is 6.80. The number of rotatable bonds is 15. The molecule has 0 aliphatic carbocycles. The van der Waals surface area contributed by atoms with Crippen molar-refractivity contribution >= 4 is 19.7 Å². The van der Waals surface area contributed by atoms with Crippen LogP contribution in [0.25, 0.3) is 11.3 Å². The second-order valence-corrected chi connectivity index (χ2v) is 9.90. The number of unbranched alkanes of at least 4 members (excludes halogenated alkanes) is 2. The number of carbonyl (C=O) groups excluding carboxylic acids is 1. The van der Waals surface area contributed by atoms with Crippen molar-refractivity contribution in [2.75, 3.05) is 46.0 Å². The zero-order valence-corrected chi connectivity index (χ0v) is 22.9. The topological polar surface area (TPSA) is 92.5 Å². The van der Waals surface area contributed by atoms with Crippen LogP contribution in [-0.4, -0.2) is 80.6 Å². The smallest absolute Gasteiger partial charge is 0.303 e. The van der Waals surface area contributed by atoms with Gasteiger partial charge < -0.3 is 23.9 Å². The minimum atomic E-state index is -0.786. The number of hydrogen-bond acceptors (Lipinski definition) is 6. The average Bonchev–Trinajstić information content (AvgIpc) is 3.52. The Morgan fingerprint density at radius 3 is 2.48 bits per heavy atom. The lowest BCUT2D eigenvalue weighted by Gasteiger charge is -2.33. The van der Waals surface area contributed by atoms with Gasteiger partial charge in [0.1, 0.15) is 19.4 Å². The summed E-state index contributed by atoms with van der Waals surface area (Å²) >= 11 is 0. The molecule has 2 radical (unpaired) electrons. The monoisotopic (exact) mass is 544 g/mol. The lowest BCUT2D eigenvalue weighted by atomic mass is 9.86. The van der Waals surface area contributed by atoms with Gasteiger partial charge in [-0.05, 0) is 56.0 Å². The number of hydrogen-bond donors (Lipinski definition) is 1. The maximum absolute atomic E-state index is 13.8. The molecular formula is C31H37BN2O6. The van der Waals surface area contributed by atoms with E-state index in [1.807, 2.05) is 48.5 Å². The minimum Gasteiger partial charge on any atom is -0.493 e. The Bertz CT molecular complexity index is 1190. The van der Waals surface area contributed by atoms with Gasteiger partial charge in [-0.1, -0.05) is 30.3 Å². The normalized spacial score (nSPS) is 14.5. The highest BCUT2D eigenvalue weighted by atomic mass is 16.5. The van der Waals surface area contributed by atoms with Crippen LogP contribution in [0, 0.1) is 0 Å². The molecule has 1 saturated heterocycles.